The molecule has 0 amide bonds. The fourth-order valence-electron chi connectivity index (χ4n) is 0.486. The third-order valence-electron chi connectivity index (χ3n) is 1.08. The number of likely N-dealkylation sites (N-methyl/N-ethyl adjacent to an activating group) is 1. The van der Waals surface area contributed by atoms with Gasteiger partial charge in [-0.25, -0.2) is 4.79 Å². The smallest absolute Gasteiger partial charge is 0.433 e. The van der Waals surface area contributed by atoms with Gasteiger partial charge >= 0.3 is 6.16 Å². The molecule has 0 bridgehead atoms. The lowest BCUT2D eigenvalue weighted by molar-refractivity contribution is 0.0374. The van der Waals surface area contributed by atoms with Crippen molar-refractivity contribution in [1.82, 2.24) is 5.32 Å². The van der Waals surface area contributed by atoms with Crippen LogP contribution >= 0.6 is 12.4 Å². The van der Waals surface area contributed by atoms with Crippen molar-refractivity contribution in [2.24, 2.45) is 0 Å². The first-order valence-corrected chi connectivity index (χ1v) is 3.74. The molecule has 0 fully saturated rings. The summed E-state index contributed by atoms with van der Waals surface area (Å²) >= 11 is 0. The zero-order valence-corrected chi connectivity index (χ0v) is 8.69. The zero-order valence-electron chi connectivity index (χ0n) is 7.87. The van der Waals surface area contributed by atoms with E-state index in [1.165, 1.54) is 7.11 Å². The number of hydrogen-bond donors (Lipinski definition) is 1. The van der Waals surface area contributed by atoms with E-state index in [4.69, 9.17) is 0 Å². The van der Waals surface area contributed by atoms with Gasteiger partial charge in [-0.1, -0.05) is 0 Å². The number of carbonyl (C=O) groups excluding carboxylic acids is 1. The standard InChI is InChI=1S/C7H15NO4.ClH/c1-8-3-4-11-7(9)12-6-5-10-2;/h8H,3-6H2,1-2H3;1H. The molecule has 6 heteroatoms. The van der Waals surface area contributed by atoms with E-state index in [-0.39, 0.29) is 19.0 Å². The number of carbonyl (C=O) groups is 1. The lowest BCUT2D eigenvalue weighted by Gasteiger charge is -2.04. The van der Waals surface area contributed by atoms with Gasteiger partial charge in [0, 0.05) is 13.7 Å². The summed E-state index contributed by atoms with van der Waals surface area (Å²) in [6.07, 6.45) is -0.651. The van der Waals surface area contributed by atoms with Crippen LogP contribution in [-0.4, -0.2) is 46.7 Å². The van der Waals surface area contributed by atoms with Crippen molar-refractivity contribution in [2.45, 2.75) is 0 Å². The minimum atomic E-state index is -0.651. The minimum absolute atomic E-state index is 0. The molecule has 80 valence electrons. The number of nitrogens with one attached hydrogen (secondary N) is 1. The molecular formula is C7H16ClNO4. The van der Waals surface area contributed by atoms with E-state index in [0.717, 1.165) is 0 Å². The molecule has 0 aromatic heterocycles. The maximum absolute atomic E-state index is 10.7. The molecule has 0 radical (unpaired) electrons. The van der Waals surface area contributed by atoms with Crippen molar-refractivity contribution in [1.29, 1.82) is 0 Å². The Balaban J connectivity index is 0. The van der Waals surface area contributed by atoms with Crippen LogP contribution in [0.1, 0.15) is 0 Å². The molecule has 5 nitrogen and oxygen atoms in total. The fraction of sp³-hybridized carbons (Fsp3) is 0.857. The molecule has 0 saturated carbocycles. The molecule has 0 rings (SSSR count). The molecule has 1 N–H and O–H groups in total. The molecule has 0 heterocycles. The van der Waals surface area contributed by atoms with Crippen LogP contribution in [0.25, 0.3) is 0 Å². The second kappa shape index (κ2) is 11.5. The van der Waals surface area contributed by atoms with Crippen LogP contribution in [0.3, 0.4) is 0 Å². The number of ether oxygens (including phenoxy) is 3. The minimum Gasteiger partial charge on any atom is -0.433 e. The van der Waals surface area contributed by atoms with Crippen LogP contribution in [0.2, 0.25) is 0 Å². The van der Waals surface area contributed by atoms with Crippen molar-refractivity contribution in [3.63, 3.8) is 0 Å². The summed E-state index contributed by atoms with van der Waals surface area (Å²) in [6, 6.07) is 0. The average molecular weight is 214 g/mol. The highest BCUT2D eigenvalue weighted by Gasteiger charge is 2.01. The molecule has 0 spiro atoms. The summed E-state index contributed by atoms with van der Waals surface area (Å²) in [7, 11) is 3.31. The van der Waals surface area contributed by atoms with Gasteiger partial charge in [-0.2, -0.15) is 0 Å². The Labute approximate surface area is 84.1 Å². The van der Waals surface area contributed by atoms with E-state index in [1.807, 2.05) is 0 Å². The maximum atomic E-state index is 10.7. The van der Waals surface area contributed by atoms with Crippen molar-refractivity contribution in [3.8, 4) is 0 Å². The van der Waals surface area contributed by atoms with E-state index < -0.39 is 6.16 Å². The number of hydrogen-bond acceptors (Lipinski definition) is 5. The van der Waals surface area contributed by atoms with Crippen LogP contribution in [0.4, 0.5) is 4.79 Å². The van der Waals surface area contributed by atoms with Gasteiger partial charge in [0.05, 0.1) is 6.61 Å². The summed E-state index contributed by atoms with van der Waals surface area (Å²) in [5.41, 5.74) is 0. The molecule has 0 atom stereocenters. The van der Waals surface area contributed by atoms with E-state index >= 15 is 0 Å². The van der Waals surface area contributed by atoms with Crippen LogP contribution in [-0.2, 0) is 14.2 Å². The Bertz CT molecular complexity index is 111. The van der Waals surface area contributed by atoms with Gasteiger partial charge in [0.1, 0.15) is 13.2 Å². The summed E-state index contributed by atoms with van der Waals surface area (Å²) in [5, 5.41) is 2.83. The van der Waals surface area contributed by atoms with Crippen molar-refractivity contribution < 1.29 is 19.0 Å². The number of halogens is 1. The monoisotopic (exact) mass is 213 g/mol. The molecule has 0 aliphatic heterocycles. The first-order valence-electron chi connectivity index (χ1n) is 3.74. The highest BCUT2D eigenvalue weighted by Crippen LogP contribution is 1.84. The largest absolute Gasteiger partial charge is 0.508 e. The molecule has 0 aliphatic rings. The Kier molecular flexibility index (Phi) is 13.2. The third-order valence-corrected chi connectivity index (χ3v) is 1.08. The second-order valence-electron chi connectivity index (χ2n) is 2.04. The predicted molar refractivity (Wildman–Crippen MR) is 50.4 cm³/mol. The molecule has 0 aromatic rings. The number of methoxy groups -OCH3 is 1. The quantitative estimate of drug-likeness (QED) is 0.512. The van der Waals surface area contributed by atoms with Gasteiger partial charge in [0.15, 0.2) is 0 Å². The van der Waals surface area contributed by atoms with Crippen LogP contribution in [0.5, 0.6) is 0 Å². The van der Waals surface area contributed by atoms with E-state index in [1.54, 1.807) is 7.05 Å². The molecular weight excluding hydrogens is 198 g/mol. The zero-order chi connectivity index (χ0) is 9.23. The Hall–Kier alpha value is -0.520. The molecule has 13 heavy (non-hydrogen) atoms. The van der Waals surface area contributed by atoms with E-state index in [0.29, 0.717) is 19.8 Å². The van der Waals surface area contributed by atoms with Crippen LogP contribution < -0.4 is 5.32 Å². The van der Waals surface area contributed by atoms with Gasteiger partial charge in [0.2, 0.25) is 0 Å². The lowest BCUT2D eigenvalue weighted by Crippen LogP contribution is -2.18. The van der Waals surface area contributed by atoms with Gasteiger partial charge in [-0.05, 0) is 7.05 Å². The average Bonchev–Trinajstić information content (AvgIpc) is 2.06. The predicted octanol–water partition coefficient (Wildman–Crippen LogP) is 0.427. The first kappa shape index (κ1) is 15.0. The summed E-state index contributed by atoms with van der Waals surface area (Å²) in [5.74, 6) is 0. The lowest BCUT2D eigenvalue weighted by atomic mass is 10.7. The molecule has 0 unspecified atom stereocenters. The van der Waals surface area contributed by atoms with E-state index in [9.17, 15) is 4.79 Å². The Morgan fingerprint density at radius 2 is 1.85 bits per heavy atom. The normalized spacial score (nSPS) is 8.77. The van der Waals surface area contributed by atoms with Gasteiger partial charge in [-0.15, -0.1) is 12.4 Å². The molecule has 0 aromatic carbocycles. The van der Waals surface area contributed by atoms with E-state index in [2.05, 4.69) is 19.5 Å². The number of rotatable bonds is 6. The first-order chi connectivity index (χ1) is 5.81. The van der Waals surface area contributed by atoms with Crippen LogP contribution in [0.15, 0.2) is 0 Å². The topological polar surface area (TPSA) is 56.8 Å². The van der Waals surface area contributed by atoms with Crippen LogP contribution in [0, 0.1) is 0 Å². The van der Waals surface area contributed by atoms with Crippen molar-refractivity contribution >= 4 is 18.6 Å². The highest BCUT2D eigenvalue weighted by molar-refractivity contribution is 5.85. The Morgan fingerprint density at radius 3 is 2.38 bits per heavy atom. The summed E-state index contributed by atoms with van der Waals surface area (Å²) in [6.45, 7) is 1.57. The van der Waals surface area contributed by atoms with Gasteiger partial charge < -0.3 is 19.5 Å². The van der Waals surface area contributed by atoms with Crippen molar-refractivity contribution in [2.75, 3.05) is 40.5 Å². The SMILES string of the molecule is CNCCOC(=O)OCCOC.Cl. The molecule has 0 aliphatic carbocycles. The third kappa shape index (κ3) is 11.5. The summed E-state index contributed by atoms with van der Waals surface area (Å²) in [4.78, 5) is 10.7. The fourth-order valence-corrected chi connectivity index (χ4v) is 0.486. The van der Waals surface area contributed by atoms with Gasteiger partial charge in [-0.3, -0.25) is 0 Å². The maximum Gasteiger partial charge on any atom is 0.508 e. The van der Waals surface area contributed by atoms with Gasteiger partial charge in [0.25, 0.3) is 0 Å². The summed E-state index contributed by atoms with van der Waals surface area (Å²) < 4.78 is 13.9. The van der Waals surface area contributed by atoms with Crippen molar-refractivity contribution in [3.05, 3.63) is 0 Å². The second-order valence-corrected chi connectivity index (χ2v) is 2.04. The molecule has 0 saturated heterocycles. The Morgan fingerprint density at radius 1 is 1.23 bits per heavy atom. The highest BCUT2D eigenvalue weighted by atomic mass is 35.5.